The lowest BCUT2D eigenvalue weighted by Crippen LogP contribution is -2.56. The van der Waals surface area contributed by atoms with Crippen molar-refractivity contribution in [1.29, 1.82) is 0 Å². The third kappa shape index (κ3) is 4.07. The number of amides is 1. The summed E-state index contributed by atoms with van der Waals surface area (Å²) in [6, 6.07) is 1.80. The van der Waals surface area contributed by atoms with E-state index in [4.69, 9.17) is 0 Å². The summed E-state index contributed by atoms with van der Waals surface area (Å²) in [6.07, 6.45) is 6.72. The first-order valence-electron chi connectivity index (χ1n) is 9.70. The molecular formula is C19H26N4O2S2. The molecule has 0 atom stereocenters. The van der Waals surface area contributed by atoms with Crippen LogP contribution in [0, 0.1) is 0 Å². The summed E-state index contributed by atoms with van der Waals surface area (Å²) < 4.78 is 1.54. The zero-order valence-corrected chi connectivity index (χ0v) is 17.1. The fourth-order valence-electron chi connectivity index (χ4n) is 4.30. The molecule has 1 saturated heterocycles. The van der Waals surface area contributed by atoms with Crippen LogP contribution in [0.1, 0.15) is 32.1 Å². The van der Waals surface area contributed by atoms with Crippen LogP contribution in [0.4, 0.5) is 0 Å². The summed E-state index contributed by atoms with van der Waals surface area (Å²) in [4.78, 5) is 32.5. The van der Waals surface area contributed by atoms with E-state index >= 15 is 0 Å². The molecule has 6 nitrogen and oxygen atoms in total. The molecule has 0 bridgehead atoms. The lowest BCUT2D eigenvalue weighted by atomic mass is 9.94. The van der Waals surface area contributed by atoms with E-state index in [1.807, 2.05) is 17.1 Å². The third-order valence-electron chi connectivity index (χ3n) is 5.86. The molecule has 2 aromatic heterocycles. The van der Waals surface area contributed by atoms with E-state index in [0.29, 0.717) is 18.4 Å². The van der Waals surface area contributed by atoms with Gasteiger partial charge in [0, 0.05) is 49.6 Å². The van der Waals surface area contributed by atoms with Crippen LogP contribution in [-0.2, 0) is 11.3 Å². The highest BCUT2D eigenvalue weighted by atomic mass is 32.2. The zero-order chi connectivity index (χ0) is 18.7. The fourth-order valence-corrected chi connectivity index (χ4v) is 5.93. The molecule has 27 heavy (non-hydrogen) atoms. The summed E-state index contributed by atoms with van der Waals surface area (Å²) in [5.41, 5.74) is 0.0806. The first-order chi connectivity index (χ1) is 13.2. The summed E-state index contributed by atoms with van der Waals surface area (Å²) in [5.74, 6) is 2.40. The third-order valence-corrected chi connectivity index (χ3v) is 7.62. The maximum Gasteiger partial charge on any atom is 0.262 e. The molecule has 3 heterocycles. The minimum atomic E-state index is -0.0628. The average Bonchev–Trinajstić information content (AvgIpc) is 3.37. The Bertz CT molecular complexity index is 851. The van der Waals surface area contributed by atoms with E-state index < -0.39 is 0 Å². The normalized spacial score (nSPS) is 20.1. The number of hydrogen-bond donors (Lipinski definition) is 1. The summed E-state index contributed by atoms with van der Waals surface area (Å²) in [5, 5.41) is 5.67. The van der Waals surface area contributed by atoms with Crippen molar-refractivity contribution >= 4 is 39.2 Å². The second-order valence-corrected chi connectivity index (χ2v) is 9.56. The highest BCUT2D eigenvalue weighted by Gasteiger charge is 2.40. The summed E-state index contributed by atoms with van der Waals surface area (Å²) >= 11 is 3.48. The van der Waals surface area contributed by atoms with Gasteiger partial charge in [0.1, 0.15) is 4.83 Å². The number of carbonyl (C=O) groups is 1. The van der Waals surface area contributed by atoms with Crippen LogP contribution in [0.15, 0.2) is 22.6 Å². The van der Waals surface area contributed by atoms with Gasteiger partial charge in [0.15, 0.2) is 0 Å². The molecule has 1 N–H and O–H groups in total. The van der Waals surface area contributed by atoms with Gasteiger partial charge >= 0.3 is 0 Å². The monoisotopic (exact) mass is 406 g/mol. The van der Waals surface area contributed by atoms with Gasteiger partial charge in [0.05, 0.1) is 11.7 Å². The molecule has 2 fully saturated rings. The molecule has 8 heteroatoms. The highest BCUT2D eigenvalue weighted by molar-refractivity contribution is 7.99. The summed E-state index contributed by atoms with van der Waals surface area (Å²) in [6.45, 7) is 3.36. The molecule has 0 radical (unpaired) electrons. The molecule has 2 aromatic rings. The van der Waals surface area contributed by atoms with Crippen LogP contribution in [0.5, 0.6) is 0 Å². The van der Waals surface area contributed by atoms with Crippen molar-refractivity contribution in [2.45, 2.75) is 44.2 Å². The van der Waals surface area contributed by atoms with Gasteiger partial charge in [0.25, 0.3) is 5.56 Å². The van der Waals surface area contributed by atoms with E-state index in [1.54, 1.807) is 17.0 Å². The number of nitrogens with zero attached hydrogens (tertiary/aromatic N) is 3. The molecule has 0 unspecified atom stereocenters. The second-order valence-electron chi connectivity index (χ2n) is 7.44. The van der Waals surface area contributed by atoms with Crippen LogP contribution >= 0.6 is 23.1 Å². The van der Waals surface area contributed by atoms with Crippen LogP contribution in [0.2, 0.25) is 0 Å². The highest BCUT2D eigenvalue weighted by Crippen LogP contribution is 2.36. The molecular weight excluding hydrogens is 380 g/mol. The Morgan fingerprint density at radius 3 is 2.81 bits per heavy atom. The van der Waals surface area contributed by atoms with Crippen molar-refractivity contribution in [2.75, 3.05) is 31.1 Å². The predicted molar refractivity (Wildman–Crippen MR) is 112 cm³/mol. The Morgan fingerprint density at radius 1 is 1.26 bits per heavy atom. The minimum Gasteiger partial charge on any atom is -0.354 e. The standard InChI is InChI=1S/C19H26N4O2S2/c24-16(3-7-22-14-21-17-15(18(22)25)4-10-27-17)20-13-19(5-1-2-6-19)23-8-11-26-12-9-23/h4,10,14H,1-3,5-9,11-13H2,(H,20,24). The van der Waals surface area contributed by atoms with E-state index in [-0.39, 0.29) is 17.0 Å². The van der Waals surface area contributed by atoms with Gasteiger partial charge in [-0.1, -0.05) is 12.8 Å². The van der Waals surface area contributed by atoms with Crippen molar-refractivity contribution in [3.05, 3.63) is 28.1 Å². The SMILES string of the molecule is O=C(CCn1cnc2sccc2c1=O)NCC1(N2CCSCC2)CCCC1. The van der Waals surface area contributed by atoms with Crippen molar-refractivity contribution in [3.63, 3.8) is 0 Å². The molecule has 1 aliphatic carbocycles. The molecule has 1 amide bonds. The maximum absolute atomic E-state index is 12.5. The molecule has 146 valence electrons. The molecule has 4 rings (SSSR count). The Morgan fingerprint density at radius 2 is 2.04 bits per heavy atom. The number of carbonyl (C=O) groups excluding carboxylic acids is 1. The Labute approximate surface area is 167 Å². The Hall–Kier alpha value is -1.38. The number of thiophene rings is 1. The number of hydrogen-bond acceptors (Lipinski definition) is 6. The van der Waals surface area contributed by atoms with Crippen LogP contribution in [-0.4, -0.2) is 57.0 Å². The van der Waals surface area contributed by atoms with Gasteiger partial charge in [-0.25, -0.2) is 4.98 Å². The predicted octanol–water partition coefficient (Wildman–Crippen LogP) is 2.33. The van der Waals surface area contributed by atoms with Crippen LogP contribution in [0.25, 0.3) is 10.2 Å². The number of aryl methyl sites for hydroxylation is 1. The zero-order valence-electron chi connectivity index (χ0n) is 15.5. The molecule has 1 aliphatic heterocycles. The smallest absolute Gasteiger partial charge is 0.262 e. The van der Waals surface area contributed by atoms with Gasteiger partial charge in [0.2, 0.25) is 5.91 Å². The van der Waals surface area contributed by atoms with Gasteiger partial charge in [-0.05, 0) is 24.3 Å². The first kappa shape index (κ1) is 19.0. The minimum absolute atomic E-state index is 0.0185. The van der Waals surface area contributed by atoms with Crippen molar-refractivity contribution in [1.82, 2.24) is 19.8 Å². The molecule has 1 saturated carbocycles. The van der Waals surface area contributed by atoms with E-state index in [1.165, 1.54) is 48.5 Å². The van der Waals surface area contributed by atoms with Gasteiger partial charge < -0.3 is 5.32 Å². The number of nitrogens with one attached hydrogen (secondary N) is 1. The number of thioether (sulfide) groups is 1. The van der Waals surface area contributed by atoms with Crippen molar-refractivity contribution < 1.29 is 4.79 Å². The topological polar surface area (TPSA) is 67.2 Å². The quantitative estimate of drug-likeness (QED) is 0.798. The number of rotatable bonds is 6. The summed E-state index contributed by atoms with van der Waals surface area (Å²) in [7, 11) is 0. The maximum atomic E-state index is 12.5. The molecule has 0 spiro atoms. The van der Waals surface area contributed by atoms with Gasteiger partial charge in [-0.3, -0.25) is 19.1 Å². The van der Waals surface area contributed by atoms with Crippen molar-refractivity contribution in [3.8, 4) is 0 Å². The van der Waals surface area contributed by atoms with Crippen LogP contribution in [0.3, 0.4) is 0 Å². The molecule has 0 aromatic carbocycles. The van der Waals surface area contributed by atoms with E-state index in [0.717, 1.165) is 24.5 Å². The fraction of sp³-hybridized carbons (Fsp3) is 0.632. The van der Waals surface area contributed by atoms with Crippen LogP contribution < -0.4 is 10.9 Å². The van der Waals surface area contributed by atoms with E-state index in [9.17, 15) is 9.59 Å². The van der Waals surface area contributed by atoms with E-state index in [2.05, 4.69) is 15.2 Å². The first-order valence-corrected chi connectivity index (χ1v) is 11.7. The lowest BCUT2D eigenvalue weighted by molar-refractivity contribution is -0.122. The number of fused-ring (bicyclic) bond motifs is 1. The van der Waals surface area contributed by atoms with Gasteiger partial charge in [-0.2, -0.15) is 11.8 Å². The average molecular weight is 407 g/mol. The Balaban J connectivity index is 1.34. The number of aromatic nitrogens is 2. The van der Waals surface area contributed by atoms with Gasteiger partial charge in [-0.15, -0.1) is 11.3 Å². The lowest BCUT2D eigenvalue weighted by Gasteiger charge is -2.43. The molecule has 2 aliphatic rings. The van der Waals surface area contributed by atoms with Crippen molar-refractivity contribution in [2.24, 2.45) is 0 Å². The largest absolute Gasteiger partial charge is 0.354 e. The Kier molecular flexibility index (Phi) is 5.85. The second kappa shape index (κ2) is 8.32.